The van der Waals surface area contributed by atoms with Gasteiger partial charge >= 0.3 is 0 Å². The van der Waals surface area contributed by atoms with Gasteiger partial charge in [0.05, 0.1) is 24.6 Å². The fourth-order valence-electron chi connectivity index (χ4n) is 4.11. The summed E-state index contributed by atoms with van der Waals surface area (Å²) in [7, 11) is -2.22. The second kappa shape index (κ2) is 9.91. The highest BCUT2D eigenvalue weighted by atomic mass is 32.2. The first-order chi connectivity index (χ1) is 16.0. The van der Waals surface area contributed by atoms with Gasteiger partial charge in [0.25, 0.3) is 0 Å². The Morgan fingerprint density at radius 2 is 1.91 bits per heavy atom. The highest BCUT2D eigenvalue weighted by Crippen LogP contribution is 2.38. The molecule has 1 aromatic heterocycles. The molecule has 0 bridgehead atoms. The average Bonchev–Trinajstić information content (AvgIpc) is 3.32. The zero-order valence-electron chi connectivity index (χ0n) is 18.4. The van der Waals surface area contributed by atoms with Crippen LogP contribution in [0.1, 0.15) is 22.0 Å². The van der Waals surface area contributed by atoms with Gasteiger partial charge in [-0.1, -0.05) is 36.4 Å². The summed E-state index contributed by atoms with van der Waals surface area (Å²) in [6.45, 7) is 4.01. The van der Waals surface area contributed by atoms with Crippen molar-refractivity contribution in [3.05, 3.63) is 94.7 Å². The number of nitrogens with zero attached hydrogens (tertiary/aromatic N) is 2. The number of hydrogen-bond acceptors (Lipinski definition) is 5. The van der Waals surface area contributed by atoms with Crippen LogP contribution in [0.5, 0.6) is 5.75 Å². The quantitative estimate of drug-likeness (QED) is 0.453. The maximum Gasteiger partial charge on any atom is 0.243 e. The predicted octanol–water partition coefficient (Wildman–Crippen LogP) is 4.11. The molecular weight excluding hydrogens is 456 g/mol. The number of fused-ring (bicyclic) bond motifs is 1. The Balaban J connectivity index is 1.65. The number of benzene rings is 2. The third-order valence-corrected chi connectivity index (χ3v) is 8.57. The Kier molecular flexibility index (Phi) is 6.97. The van der Waals surface area contributed by atoms with Crippen LogP contribution in [0.2, 0.25) is 0 Å². The van der Waals surface area contributed by atoms with E-state index in [1.165, 1.54) is 27.4 Å². The molecule has 1 atom stereocenters. The number of thiophene rings is 1. The Bertz CT molecular complexity index is 1220. The Labute approximate surface area is 198 Å². The van der Waals surface area contributed by atoms with Crippen LogP contribution in [0.4, 0.5) is 0 Å². The molecule has 8 heteroatoms. The smallest absolute Gasteiger partial charge is 0.243 e. The van der Waals surface area contributed by atoms with Crippen LogP contribution in [0.3, 0.4) is 0 Å². The number of ether oxygens (including phenoxy) is 1. The molecule has 1 unspecified atom stereocenters. The van der Waals surface area contributed by atoms with Crippen LogP contribution in [-0.4, -0.2) is 50.3 Å². The molecule has 2 heterocycles. The van der Waals surface area contributed by atoms with Gasteiger partial charge in [-0.15, -0.1) is 17.9 Å². The Morgan fingerprint density at radius 1 is 1.18 bits per heavy atom. The fourth-order valence-corrected chi connectivity index (χ4v) is 6.39. The zero-order valence-corrected chi connectivity index (χ0v) is 20.0. The second-order valence-electron chi connectivity index (χ2n) is 7.71. The molecule has 33 heavy (non-hydrogen) atoms. The van der Waals surface area contributed by atoms with Crippen LogP contribution >= 0.6 is 11.3 Å². The molecule has 0 aliphatic carbocycles. The van der Waals surface area contributed by atoms with E-state index in [1.54, 1.807) is 41.5 Å². The monoisotopic (exact) mass is 482 g/mol. The van der Waals surface area contributed by atoms with E-state index in [0.717, 1.165) is 23.3 Å². The molecule has 4 rings (SSSR count). The topological polar surface area (TPSA) is 66.9 Å². The number of rotatable bonds is 8. The van der Waals surface area contributed by atoms with Gasteiger partial charge in [-0.05, 0) is 53.3 Å². The van der Waals surface area contributed by atoms with Crippen molar-refractivity contribution in [3.8, 4) is 5.75 Å². The molecule has 3 aromatic rings. The van der Waals surface area contributed by atoms with E-state index in [0.29, 0.717) is 6.54 Å². The summed E-state index contributed by atoms with van der Waals surface area (Å²) in [5.74, 6) is 0.498. The molecule has 0 spiro atoms. The molecule has 0 radical (unpaired) electrons. The van der Waals surface area contributed by atoms with Gasteiger partial charge in [-0.2, -0.15) is 4.31 Å². The molecule has 1 amide bonds. The van der Waals surface area contributed by atoms with E-state index in [9.17, 15) is 13.2 Å². The SMILES string of the molecule is C=CCN(CC(=O)N1CCc2sccc2C1c1ccc(OC)cc1)S(=O)(=O)c1ccccc1. The van der Waals surface area contributed by atoms with Gasteiger partial charge in [0.1, 0.15) is 5.75 Å². The largest absolute Gasteiger partial charge is 0.497 e. The first-order valence-corrected chi connectivity index (χ1v) is 12.9. The van der Waals surface area contributed by atoms with E-state index < -0.39 is 10.0 Å². The van der Waals surface area contributed by atoms with Gasteiger partial charge in [0.15, 0.2) is 0 Å². The number of carbonyl (C=O) groups excluding carboxylic acids is 1. The molecule has 0 saturated heterocycles. The van der Waals surface area contributed by atoms with Crippen LogP contribution < -0.4 is 4.74 Å². The van der Waals surface area contributed by atoms with Crippen LogP contribution in [0.25, 0.3) is 0 Å². The van der Waals surface area contributed by atoms with E-state index in [2.05, 4.69) is 12.6 Å². The third kappa shape index (κ3) is 4.73. The van der Waals surface area contributed by atoms with Crippen molar-refractivity contribution in [3.63, 3.8) is 0 Å². The first-order valence-electron chi connectivity index (χ1n) is 10.6. The Morgan fingerprint density at radius 3 is 2.58 bits per heavy atom. The summed E-state index contributed by atoms with van der Waals surface area (Å²) in [5, 5.41) is 2.04. The minimum Gasteiger partial charge on any atom is -0.497 e. The van der Waals surface area contributed by atoms with Crippen LogP contribution in [-0.2, 0) is 21.2 Å². The molecule has 6 nitrogen and oxygen atoms in total. The predicted molar refractivity (Wildman–Crippen MR) is 130 cm³/mol. The van der Waals surface area contributed by atoms with Crippen molar-refractivity contribution in [2.45, 2.75) is 17.4 Å². The molecule has 0 saturated carbocycles. The highest BCUT2D eigenvalue weighted by molar-refractivity contribution is 7.89. The number of methoxy groups -OCH3 is 1. The van der Waals surface area contributed by atoms with Gasteiger partial charge in [-0.3, -0.25) is 4.79 Å². The normalized spacial score (nSPS) is 15.8. The molecular formula is C25H26N2O4S2. The van der Waals surface area contributed by atoms with Crippen molar-refractivity contribution >= 4 is 27.3 Å². The van der Waals surface area contributed by atoms with E-state index in [-0.39, 0.29) is 29.9 Å². The second-order valence-corrected chi connectivity index (χ2v) is 10.6. The number of hydrogen-bond donors (Lipinski definition) is 0. The fraction of sp³-hybridized carbons (Fsp3) is 0.240. The van der Waals surface area contributed by atoms with E-state index in [1.807, 2.05) is 29.6 Å². The van der Waals surface area contributed by atoms with Crippen molar-refractivity contribution in [1.82, 2.24) is 9.21 Å². The maximum absolute atomic E-state index is 13.6. The van der Waals surface area contributed by atoms with Gasteiger partial charge in [0.2, 0.25) is 15.9 Å². The van der Waals surface area contributed by atoms with Gasteiger partial charge in [-0.25, -0.2) is 8.42 Å². The number of amides is 1. The van der Waals surface area contributed by atoms with Crippen molar-refractivity contribution in [2.24, 2.45) is 0 Å². The highest BCUT2D eigenvalue weighted by Gasteiger charge is 2.35. The third-order valence-electron chi connectivity index (χ3n) is 5.74. The van der Waals surface area contributed by atoms with Crippen molar-refractivity contribution in [2.75, 3.05) is 26.7 Å². The van der Waals surface area contributed by atoms with Gasteiger partial charge in [0, 0.05) is 18.0 Å². The summed E-state index contributed by atoms with van der Waals surface area (Å²) in [6, 6.07) is 17.6. The lowest BCUT2D eigenvalue weighted by atomic mass is 9.93. The minimum absolute atomic E-state index is 0.0493. The minimum atomic E-state index is -3.84. The Hall–Kier alpha value is -2.94. The standard InChI is InChI=1S/C25H26N2O4S2/c1-3-15-26(33(29,30)21-7-5-4-6-8-21)18-24(28)27-16-13-23-22(14-17-32-23)25(27)19-9-11-20(31-2)12-10-19/h3-12,14,17,25H,1,13,15-16,18H2,2H3. The molecule has 172 valence electrons. The summed E-state index contributed by atoms with van der Waals surface area (Å²) < 4.78 is 32.9. The molecule has 1 aliphatic heterocycles. The average molecular weight is 483 g/mol. The summed E-state index contributed by atoms with van der Waals surface area (Å²) in [4.78, 5) is 16.8. The lowest BCUT2D eigenvalue weighted by molar-refractivity contribution is -0.133. The molecule has 0 fully saturated rings. The van der Waals surface area contributed by atoms with E-state index >= 15 is 0 Å². The zero-order chi connectivity index (χ0) is 23.4. The molecule has 0 N–H and O–H groups in total. The summed E-state index contributed by atoms with van der Waals surface area (Å²) in [5.41, 5.74) is 2.05. The summed E-state index contributed by atoms with van der Waals surface area (Å²) >= 11 is 1.69. The van der Waals surface area contributed by atoms with Gasteiger partial charge < -0.3 is 9.64 Å². The molecule has 1 aliphatic rings. The van der Waals surface area contributed by atoms with Crippen molar-refractivity contribution < 1.29 is 17.9 Å². The van der Waals surface area contributed by atoms with Crippen molar-refractivity contribution in [1.29, 1.82) is 0 Å². The lowest BCUT2D eigenvalue weighted by Gasteiger charge is -2.37. The lowest BCUT2D eigenvalue weighted by Crippen LogP contribution is -2.46. The van der Waals surface area contributed by atoms with E-state index in [4.69, 9.17) is 4.74 Å². The number of carbonyl (C=O) groups is 1. The first kappa shape index (κ1) is 23.2. The maximum atomic E-state index is 13.6. The van der Waals surface area contributed by atoms with Crippen LogP contribution in [0.15, 0.2) is 83.6 Å². The molecule has 2 aromatic carbocycles. The number of sulfonamides is 1. The van der Waals surface area contributed by atoms with Crippen LogP contribution in [0, 0.1) is 0 Å². The summed E-state index contributed by atoms with van der Waals surface area (Å²) in [6.07, 6.45) is 2.25.